The minimum absolute atomic E-state index is 0.0969. The van der Waals surface area contributed by atoms with Crippen LogP contribution in [0.25, 0.3) is 0 Å². The standard InChI is InChI=1S/C14H23NO5/c1-3-4-5-17-6-7-18-8-9-19-10-11-20-14(16)13(2)12-15/h2-11H2,1H3. The van der Waals surface area contributed by atoms with Gasteiger partial charge in [0.25, 0.3) is 0 Å². The molecule has 0 fully saturated rings. The maximum Gasteiger partial charge on any atom is 0.348 e. The minimum atomic E-state index is -0.712. The van der Waals surface area contributed by atoms with E-state index in [0.717, 1.165) is 19.4 Å². The maximum absolute atomic E-state index is 11.0. The van der Waals surface area contributed by atoms with E-state index in [-0.39, 0.29) is 18.8 Å². The van der Waals surface area contributed by atoms with Gasteiger partial charge in [0.15, 0.2) is 0 Å². The molecule has 114 valence electrons. The van der Waals surface area contributed by atoms with Crippen molar-refractivity contribution in [3.05, 3.63) is 12.2 Å². The Hall–Kier alpha value is -1.42. The molecule has 0 aromatic carbocycles. The van der Waals surface area contributed by atoms with Gasteiger partial charge < -0.3 is 18.9 Å². The monoisotopic (exact) mass is 285 g/mol. The summed E-state index contributed by atoms with van der Waals surface area (Å²) in [5.41, 5.74) is -0.212. The number of esters is 1. The summed E-state index contributed by atoms with van der Waals surface area (Å²) < 4.78 is 20.5. The number of unbranched alkanes of at least 4 members (excludes halogenated alkanes) is 1. The lowest BCUT2D eigenvalue weighted by molar-refractivity contribution is -0.140. The third-order valence-corrected chi connectivity index (χ3v) is 2.23. The number of hydrogen-bond acceptors (Lipinski definition) is 6. The van der Waals surface area contributed by atoms with Crippen molar-refractivity contribution in [2.75, 3.05) is 46.2 Å². The Bertz CT molecular complexity index is 311. The molecule has 0 aliphatic heterocycles. The highest BCUT2D eigenvalue weighted by Crippen LogP contribution is 1.92. The molecule has 0 aliphatic carbocycles. The Balaban J connectivity index is 3.16. The zero-order chi connectivity index (χ0) is 15.1. The normalized spacial score (nSPS) is 10.0. The molecule has 0 aromatic rings. The van der Waals surface area contributed by atoms with Crippen LogP contribution in [0.4, 0.5) is 0 Å². The predicted octanol–water partition coefficient (Wildman–Crippen LogP) is 1.46. The van der Waals surface area contributed by atoms with E-state index < -0.39 is 5.97 Å². The molecule has 20 heavy (non-hydrogen) atoms. The number of nitriles is 1. The molecule has 0 spiro atoms. The average Bonchev–Trinajstić information content (AvgIpc) is 2.47. The smallest absolute Gasteiger partial charge is 0.348 e. The van der Waals surface area contributed by atoms with Crippen molar-refractivity contribution >= 4 is 5.97 Å². The van der Waals surface area contributed by atoms with Crippen LogP contribution in [0.2, 0.25) is 0 Å². The molecule has 0 atom stereocenters. The van der Waals surface area contributed by atoms with Gasteiger partial charge in [0.05, 0.1) is 33.0 Å². The van der Waals surface area contributed by atoms with Gasteiger partial charge in [-0.1, -0.05) is 19.9 Å². The third kappa shape index (κ3) is 11.7. The van der Waals surface area contributed by atoms with E-state index in [9.17, 15) is 4.79 Å². The summed E-state index contributed by atoms with van der Waals surface area (Å²) in [6, 6.07) is 1.62. The van der Waals surface area contributed by atoms with Crippen LogP contribution in [0, 0.1) is 11.3 Å². The SMILES string of the molecule is C=C(C#N)C(=O)OCCOCCOCCOCCCC. The van der Waals surface area contributed by atoms with Crippen LogP contribution in [0.5, 0.6) is 0 Å². The van der Waals surface area contributed by atoms with E-state index >= 15 is 0 Å². The van der Waals surface area contributed by atoms with Crippen LogP contribution < -0.4 is 0 Å². The van der Waals surface area contributed by atoms with Crippen molar-refractivity contribution in [1.82, 2.24) is 0 Å². The van der Waals surface area contributed by atoms with Gasteiger partial charge in [-0.15, -0.1) is 0 Å². The zero-order valence-electron chi connectivity index (χ0n) is 12.1. The van der Waals surface area contributed by atoms with E-state index in [2.05, 4.69) is 13.5 Å². The van der Waals surface area contributed by atoms with Gasteiger partial charge in [-0.25, -0.2) is 4.79 Å². The van der Waals surface area contributed by atoms with Gasteiger partial charge in [0.2, 0.25) is 0 Å². The van der Waals surface area contributed by atoms with Crippen molar-refractivity contribution in [2.45, 2.75) is 19.8 Å². The summed E-state index contributed by atoms with van der Waals surface area (Å²) in [4.78, 5) is 11.0. The molecule has 6 nitrogen and oxygen atoms in total. The Labute approximate surface area is 120 Å². The lowest BCUT2D eigenvalue weighted by Gasteiger charge is -2.07. The molecule has 0 bridgehead atoms. The molecule has 0 rings (SSSR count). The Morgan fingerprint density at radius 3 is 2.00 bits per heavy atom. The minimum Gasteiger partial charge on any atom is -0.459 e. The van der Waals surface area contributed by atoms with Crippen molar-refractivity contribution in [1.29, 1.82) is 5.26 Å². The summed E-state index contributed by atoms with van der Waals surface area (Å²) >= 11 is 0. The van der Waals surface area contributed by atoms with E-state index in [4.69, 9.17) is 24.2 Å². The average molecular weight is 285 g/mol. The summed E-state index contributed by atoms with van der Waals surface area (Å²) in [7, 11) is 0. The molecular formula is C14H23NO5. The number of hydrogen-bond donors (Lipinski definition) is 0. The number of nitrogens with zero attached hydrogens (tertiary/aromatic N) is 1. The second-order valence-electron chi connectivity index (χ2n) is 3.92. The summed E-state index contributed by atoms with van der Waals surface area (Å²) in [5, 5.41) is 8.39. The number of carbonyl (C=O) groups excluding carboxylic acids is 1. The van der Waals surface area contributed by atoms with Crippen molar-refractivity contribution < 1.29 is 23.7 Å². The fraction of sp³-hybridized carbons (Fsp3) is 0.714. The Kier molecular flexibility index (Phi) is 13.0. The van der Waals surface area contributed by atoms with Crippen molar-refractivity contribution in [3.8, 4) is 6.07 Å². The van der Waals surface area contributed by atoms with Crippen LogP contribution in [0.1, 0.15) is 19.8 Å². The van der Waals surface area contributed by atoms with Crippen LogP contribution in [-0.4, -0.2) is 52.2 Å². The van der Waals surface area contributed by atoms with Crippen LogP contribution in [-0.2, 0) is 23.7 Å². The molecule has 0 aliphatic rings. The number of carbonyl (C=O) groups is 1. The molecule has 0 unspecified atom stereocenters. The molecule has 0 heterocycles. The van der Waals surface area contributed by atoms with Gasteiger partial charge in [-0.3, -0.25) is 0 Å². The van der Waals surface area contributed by atoms with Crippen LogP contribution >= 0.6 is 0 Å². The number of ether oxygens (including phenoxy) is 4. The molecule has 6 heteroatoms. The van der Waals surface area contributed by atoms with E-state index in [0.29, 0.717) is 26.4 Å². The zero-order valence-corrected chi connectivity index (χ0v) is 12.1. The molecular weight excluding hydrogens is 262 g/mol. The summed E-state index contributed by atoms with van der Waals surface area (Å²) in [5.74, 6) is -0.712. The van der Waals surface area contributed by atoms with Crippen molar-refractivity contribution in [3.63, 3.8) is 0 Å². The second kappa shape index (κ2) is 14.0. The summed E-state index contributed by atoms with van der Waals surface area (Å²) in [6.45, 7) is 8.52. The lowest BCUT2D eigenvalue weighted by atomic mass is 10.3. The summed E-state index contributed by atoms with van der Waals surface area (Å²) in [6.07, 6.45) is 2.20. The molecule has 0 N–H and O–H groups in total. The highest BCUT2D eigenvalue weighted by molar-refractivity contribution is 5.91. The van der Waals surface area contributed by atoms with Gasteiger partial charge in [0.1, 0.15) is 18.2 Å². The Morgan fingerprint density at radius 2 is 1.50 bits per heavy atom. The van der Waals surface area contributed by atoms with E-state index in [1.54, 1.807) is 6.07 Å². The molecule has 0 aromatic heterocycles. The highest BCUT2D eigenvalue weighted by Gasteiger charge is 2.06. The maximum atomic E-state index is 11.0. The van der Waals surface area contributed by atoms with Crippen LogP contribution in [0.3, 0.4) is 0 Å². The topological polar surface area (TPSA) is 77.8 Å². The highest BCUT2D eigenvalue weighted by atomic mass is 16.6. The van der Waals surface area contributed by atoms with Gasteiger partial charge >= 0.3 is 5.97 Å². The fourth-order valence-electron chi connectivity index (χ4n) is 1.11. The van der Waals surface area contributed by atoms with Crippen LogP contribution in [0.15, 0.2) is 12.2 Å². The first-order chi connectivity index (χ1) is 9.72. The lowest BCUT2D eigenvalue weighted by Crippen LogP contribution is -2.14. The molecule has 0 radical (unpaired) electrons. The van der Waals surface area contributed by atoms with Crippen molar-refractivity contribution in [2.24, 2.45) is 0 Å². The largest absolute Gasteiger partial charge is 0.459 e. The predicted molar refractivity (Wildman–Crippen MR) is 73.1 cm³/mol. The fourth-order valence-corrected chi connectivity index (χ4v) is 1.11. The first-order valence-corrected chi connectivity index (χ1v) is 6.71. The molecule has 0 saturated heterocycles. The Morgan fingerprint density at radius 1 is 1.00 bits per heavy atom. The third-order valence-electron chi connectivity index (χ3n) is 2.23. The second-order valence-corrected chi connectivity index (χ2v) is 3.92. The van der Waals surface area contributed by atoms with E-state index in [1.807, 2.05) is 0 Å². The molecule has 0 saturated carbocycles. The quantitative estimate of drug-likeness (QED) is 0.221. The molecule has 0 amide bonds. The van der Waals surface area contributed by atoms with E-state index in [1.165, 1.54) is 0 Å². The van der Waals surface area contributed by atoms with Gasteiger partial charge in [-0.05, 0) is 6.42 Å². The first-order valence-electron chi connectivity index (χ1n) is 6.71. The van der Waals surface area contributed by atoms with Gasteiger partial charge in [0, 0.05) is 6.61 Å². The number of rotatable bonds is 13. The first kappa shape index (κ1) is 18.6. The van der Waals surface area contributed by atoms with Gasteiger partial charge in [-0.2, -0.15) is 5.26 Å².